The smallest absolute Gasteiger partial charge is 0.266 e. The molecule has 1 heterocycles. The molecule has 2 N–H and O–H groups in total. The van der Waals surface area contributed by atoms with E-state index in [4.69, 9.17) is 16.3 Å². The van der Waals surface area contributed by atoms with Crippen LogP contribution in [0.5, 0.6) is 5.75 Å². The van der Waals surface area contributed by atoms with Crippen molar-refractivity contribution in [2.45, 2.75) is 17.4 Å². The molecule has 0 aliphatic carbocycles. The van der Waals surface area contributed by atoms with Crippen LogP contribution in [0.2, 0.25) is 5.02 Å². The van der Waals surface area contributed by atoms with Crippen molar-refractivity contribution >= 4 is 27.5 Å². The van der Waals surface area contributed by atoms with Crippen molar-refractivity contribution in [2.24, 2.45) is 0 Å². The van der Waals surface area contributed by atoms with Gasteiger partial charge in [-0.05, 0) is 59.5 Å². The molecule has 10 heteroatoms. The van der Waals surface area contributed by atoms with Crippen LogP contribution in [-0.2, 0) is 21.2 Å². The summed E-state index contributed by atoms with van der Waals surface area (Å²) >= 11 is 5.92. The molecular weight excluding hydrogens is 471 g/mol. The number of hydroxylamine groups is 1. The monoisotopic (exact) mass is 490 g/mol. The summed E-state index contributed by atoms with van der Waals surface area (Å²) in [7, 11) is -2.85. The van der Waals surface area contributed by atoms with Gasteiger partial charge >= 0.3 is 0 Å². The Labute approximate surface area is 195 Å². The van der Waals surface area contributed by atoms with Crippen LogP contribution < -0.4 is 10.2 Å². The van der Waals surface area contributed by atoms with Crippen molar-refractivity contribution in [3.8, 4) is 16.9 Å². The lowest BCUT2D eigenvalue weighted by Gasteiger charge is -2.35. The molecule has 3 aromatic carbocycles. The van der Waals surface area contributed by atoms with Gasteiger partial charge < -0.3 is 4.74 Å². The Bertz CT molecular complexity index is 1300. The van der Waals surface area contributed by atoms with Crippen molar-refractivity contribution in [2.75, 3.05) is 13.7 Å². The molecule has 172 valence electrons. The molecule has 0 bridgehead atoms. The fourth-order valence-corrected chi connectivity index (χ4v) is 5.71. The first-order valence-electron chi connectivity index (χ1n) is 9.95. The van der Waals surface area contributed by atoms with Gasteiger partial charge in [0.05, 0.1) is 12.0 Å². The van der Waals surface area contributed by atoms with E-state index in [1.807, 2.05) is 12.1 Å². The summed E-state index contributed by atoms with van der Waals surface area (Å²) < 4.78 is 47.7. The van der Waals surface area contributed by atoms with E-state index in [-0.39, 0.29) is 34.7 Å². The Balaban J connectivity index is 1.76. The van der Waals surface area contributed by atoms with Gasteiger partial charge in [0.15, 0.2) is 0 Å². The minimum atomic E-state index is -4.19. The molecule has 1 atom stereocenters. The number of benzene rings is 3. The summed E-state index contributed by atoms with van der Waals surface area (Å²) in [5.41, 5.74) is 3.38. The third kappa shape index (κ3) is 4.20. The molecule has 0 fully saturated rings. The molecule has 0 saturated carbocycles. The molecule has 1 unspecified atom stereocenters. The highest BCUT2D eigenvalue weighted by Gasteiger charge is 2.43. The maximum Gasteiger partial charge on any atom is 0.266 e. The highest BCUT2D eigenvalue weighted by molar-refractivity contribution is 7.89. The lowest BCUT2D eigenvalue weighted by atomic mass is 9.92. The molecule has 3 aromatic rings. The predicted molar refractivity (Wildman–Crippen MR) is 120 cm³/mol. The lowest BCUT2D eigenvalue weighted by molar-refractivity contribution is -0.133. The molecule has 4 rings (SSSR count). The van der Waals surface area contributed by atoms with E-state index in [0.717, 1.165) is 15.4 Å². The molecule has 33 heavy (non-hydrogen) atoms. The molecule has 0 spiro atoms. The highest BCUT2D eigenvalue weighted by atomic mass is 35.5. The largest absolute Gasteiger partial charge is 0.496 e. The van der Waals surface area contributed by atoms with Crippen molar-refractivity contribution in [3.63, 3.8) is 0 Å². The van der Waals surface area contributed by atoms with Gasteiger partial charge in [0.2, 0.25) is 10.0 Å². The van der Waals surface area contributed by atoms with E-state index in [1.165, 1.54) is 36.9 Å². The van der Waals surface area contributed by atoms with Crippen LogP contribution >= 0.6 is 11.6 Å². The zero-order valence-corrected chi connectivity index (χ0v) is 19.0. The molecule has 1 amide bonds. The summed E-state index contributed by atoms with van der Waals surface area (Å²) in [4.78, 5) is 12.6. The predicted octanol–water partition coefficient (Wildman–Crippen LogP) is 3.95. The average molecular weight is 491 g/mol. The Morgan fingerprint density at radius 1 is 1.09 bits per heavy atom. The number of fused-ring (bicyclic) bond motifs is 1. The number of ether oxygens (including phenoxy) is 1. The number of halogens is 2. The Hall–Kier alpha value is -2.98. The van der Waals surface area contributed by atoms with Crippen LogP contribution in [0.25, 0.3) is 11.1 Å². The molecule has 0 saturated heterocycles. The number of nitrogens with zero attached hydrogens (tertiary/aromatic N) is 1. The zero-order valence-electron chi connectivity index (χ0n) is 17.5. The minimum absolute atomic E-state index is 0.0374. The summed E-state index contributed by atoms with van der Waals surface area (Å²) in [6, 6.07) is 14.3. The third-order valence-electron chi connectivity index (χ3n) is 5.62. The van der Waals surface area contributed by atoms with E-state index in [0.29, 0.717) is 5.02 Å². The standard InChI is InChI=1S/C23H20ClFN2O5S/c1-32-20-11-10-19(25)18-12-13-27(22(21(18)20)23(28)26-29)33(30,31)17-8-4-15(5-9-17)14-2-6-16(24)7-3-14/h2-11,22,29H,12-13H2,1H3,(H,26,28). The second kappa shape index (κ2) is 9.11. The fraction of sp³-hybridized carbons (Fsp3) is 0.174. The Morgan fingerprint density at radius 3 is 2.27 bits per heavy atom. The lowest BCUT2D eigenvalue weighted by Crippen LogP contribution is -2.47. The molecule has 1 aliphatic heterocycles. The molecule has 1 aliphatic rings. The van der Waals surface area contributed by atoms with E-state index in [1.54, 1.807) is 24.3 Å². The van der Waals surface area contributed by atoms with E-state index >= 15 is 0 Å². The van der Waals surface area contributed by atoms with Crippen molar-refractivity contribution in [1.82, 2.24) is 9.79 Å². The molecular formula is C23H20ClFN2O5S. The summed E-state index contributed by atoms with van der Waals surface area (Å²) in [6.45, 7) is -0.156. The zero-order chi connectivity index (χ0) is 23.8. The van der Waals surface area contributed by atoms with Crippen LogP contribution in [0, 0.1) is 5.82 Å². The molecule has 0 radical (unpaired) electrons. The first-order valence-corrected chi connectivity index (χ1v) is 11.8. The summed E-state index contributed by atoms with van der Waals surface area (Å²) in [6.07, 6.45) is 0.0374. The molecule has 0 aromatic heterocycles. The maximum absolute atomic E-state index is 14.5. The number of nitrogens with one attached hydrogen (secondary N) is 1. The van der Waals surface area contributed by atoms with Gasteiger partial charge in [-0.25, -0.2) is 18.3 Å². The SMILES string of the molecule is COc1ccc(F)c2c1C(C(=O)NO)N(S(=O)(=O)c1ccc(-c3ccc(Cl)cc3)cc1)CC2. The van der Waals surface area contributed by atoms with E-state index in [9.17, 15) is 22.8 Å². The molecule has 7 nitrogen and oxygen atoms in total. The van der Waals surface area contributed by atoms with Crippen molar-refractivity contribution in [3.05, 3.63) is 82.6 Å². The second-order valence-electron chi connectivity index (χ2n) is 7.42. The van der Waals surface area contributed by atoms with Gasteiger partial charge in [0.1, 0.15) is 17.6 Å². The summed E-state index contributed by atoms with van der Waals surface area (Å²) in [5, 5.41) is 9.90. The van der Waals surface area contributed by atoms with Gasteiger partial charge in [0.25, 0.3) is 5.91 Å². The number of sulfonamides is 1. The number of carbonyl (C=O) groups is 1. The van der Waals surface area contributed by atoms with Gasteiger partial charge in [-0.15, -0.1) is 0 Å². The van der Waals surface area contributed by atoms with Crippen molar-refractivity contribution < 1.29 is 27.5 Å². The van der Waals surface area contributed by atoms with Crippen LogP contribution in [0.3, 0.4) is 0 Å². The van der Waals surface area contributed by atoms with Gasteiger partial charge in [-0.3, -0.25) is 10.0 Å². The summed E-state index contributed by atoms with van der Waals surface area (Å²) in [5.74, 6) is -1.44. The van der Waals surface area contributed by atoms with Crippen LogP contribution in [-0.4, -0.2) is 37.5 Å². The first-order chi connectivity index (χ1) is 15.8. The number of methoxy groups -OCH3 is 1. The third-order valence-corrected chi connectivity index (χ3v) is 7.75. The van der Waals surface area contributed by atoms with Gasteiger partial charge in [-0.1, -0.05) is 35.9 Å². The number of amides is 1. The van der Waals surface area contributed by atoms with Crippen molar-refractivity contribution in [1.29, 1.82) is 0 Å². The quantitative estimate of drug-likeness (QED) is 0.417. The minimum Gasteiger partial charge on any atom is -0.496 e. The van der Waals surface area contributed by atoms with E-state index < -0.39 is 27.8 Å². The van der Waals surface area contributed by atoms with E-state index in [2.05, 4.69) is 0 Å². The Morgan fingerprint density at radius 2 is 1.70 bits per heavy atom. The van der Waals surface area contributed by atoms with Crippen LogP contribution in [0.15, 0.2) is 65.6 Å². The first kappa shape index (κ1) is 23.2. The van der Waals surface area contributed by atoms with Crippen LogP contribution in [0.4, 0.5) is 4.39 Å². The number of hydrogen-bond donors (Lipinski definition) is 2. The topological polar surface area (TPSA) is 95.9 Å². The van der Waals surface area contributed by atoms with Crippen LogP contribution in [0.1, 0.15) is 17.2 Å². The number of rotatable bonds is 5. The van der Waals surface area contributed by atoms with Gasteiger partial charge in [-0.2, -0.15) is 4.31 Å². The van der Waals surface area contributed by atoms with Gasteiger partial charge in [0, 0.05) is 17.1 Å². The fourth-order valence-electron chi connectivity index (χ4n) is 4.02. The normalized spacial score (nSPS) is 16.2. The second-order valence-corrected chi connectivity index (χ2v) is 9.74. The highest BCUT2D eigenvalue weighted by Crippen LogP contribution is 2.40. The Kier molecular flexibility index (Phi) is 6.40. The maximum atomic E-state index is 14.5. The number of hydrogen-bond acceptors (Lipinski definition) is 5. The number of carbonyl (C=O) groups excluding carboxylic acids is 1. The average Bonchev–Trinajstić information content (AvgIpc) is 2.83.